The van der Waals surface area contributed by atoms with Crippen molar-refractivity contribution in [1.29, 1.82) is 0 Å². The van der Waals surface area contributed by atoms with Gasteiger partial charge in [-0.25, -0.2) is 4.79 Å². The molecular weight excluding hydrogens is 320 g/mol. The Morgan fingerprint density at radius 2 is 1.92 bits per heavy atom. The third kappa shape index (κ3) is 3.67. The number of hydrogen-bond acceptors (Lipinski definition) is 3. The summed E-state index contributed by atoms with van der Waals surface area (Å²) in [6.45, 7) is 2.21. The zero-order chi connectivity index (χ0) is 16.9. The minimum Gasteiger partial charge on any atom is -0.462 e. The summed E-state index contributed by atoms with van der Waals surface area (Å²) in [6, 6.07) is 9.76. The van der Waals surface area contributed by atoms with Crippen LogP contribution in [-0.2, 0) is 9.53 Å². The second-order valence-electron chi connectivity index (χ2n) is 5.99. The summed E-state index contributed by atoms with van der Waals surface area (Å²) in [7, 11) is 0. The first-order valence-corrected chi connectivity index (χ1v) is 8.84. The van der Waals surface area contributed by atoms with E-state index >= 15 is 0 Å². The van der Waals surface area contributed by atoms with E-state index in [0.29, 0.717) is 17.3 Å². The highest BCUT2D eigenvalue weighted by atomic mass is 32.1. The van der Waals surface area contributed by atoms with Gasteiger partial charge in [0.15, 0.2) is 5.11 Å². The van der Waals surface area contributed by atoms with Gasteiger partial charge in [0, 0.05) is 17.8 Å². The fraction of sp³-hybridized carbons (Fsp3) is 0.368. The van der Waals surface area contributed by atoms with Crippen LogP contribution < -0.4 is 10.6 Å². The average molecular weight is 342 g/mol. The number of carbonyl (C=O) groups excluding carboxylic acids is 1. The van der Waals surface area contributed by atoms with Crippen LogP contribution in [0.25, 0.3) is 0 Å². The molecule has 0 bridgehead atoms. The molecule has 24 heavy (non-hydrogen) atoms. The van der Waals surface area contributed by atoms with Crippen LogP contribution >= 0.6 is 12.2 Å². The molecule has 2 N–H and O–H groups in total. The fourth-order valence-electron chi connectivity index (χ4n) is 3.33. The van der Waals surface area contributed by atoms with Crippen LogP contribution in [0.5, 0.6) is 0 Å². The van der Waals surface area contributed by atoms with E-state index in [-0.39, 0.29) is 5.97 Å². The molecule has 0 fully saturated rings. The first-order chi connectivity index (χ1) is 11.7. The van der Waals surface area contributed by atoms with E-state index in [0.717, 1.165) is 37.1 Å². The SMILES string of the molecule is CCOC(=O)C1=C(NC(=S)Nc2ccccc2)CC2=C1CCCC2. The number of carbonyl (C=O) groups is 1. The highest BCUT2D eigenvalue weighted by Crippen LogP contribution is 2.40. The Balaban J connectivity index is 1.77. The lowest BCUT2D eigenvalue weighted by Gasteiger charge is -2.15. The van der Waals surface area contributed by atoms with Gasteiger partial charge >= 0.3 is 5.97 Å². The predicted octanol–water partition coefficient (Wildman–Crippen LogP) is 4.06. The number of thiocarbonyl (C=S) groups is 1. The van der Waals surface area contributed by atoms with Gasteiger partial charge in [0.05, 0.1) is 12.2 Å². The molecule has 4 nitrogen and oxygen atoms in total. The second-order valence-corrected chi connectivity index (χ2v) is 6.39. The Hall–Kier alpha value is -2.14. The van der Waals surface area contributed by atoms with E-state index in [9.17, 15) is 4.79 Å². The standard InChI is InChI=1S/C19H22N2O2S/c1-2-23-18(22)17-15-11-7-6-8-13(15)12-16(17)21-19(24)20-14-9-4-3-5-10-14/h3-5,9-10H,2,6-8,11-12H2,1H3,(H2,20,21,24). The monoisotopic (exact) mass is 342 g/mol. The van der Waals surface area contributed by atoms with Crippen molar-refractivity contribution in [2.45, 2.75) is 39.0 Å². The lowest BCUT2D eigenvalue weighted by atomic mass is 9.91. The van der Waals surface area contributed by atoms with Gasteiger partial charge in [-0.1, -0.05) is 23.8 Å². The number of hydrogen-bond donors (Lipinski definition) is 2. The summed E-state index contributed by atoms with van der Waals surface area (Å²) in [6.07, 6.45) is 5.09. The molecule has 1 aromatic carbocycles. The first-order valence-electron chi connectivity index (χ1n) is 8.43. The van der Waals surface area contributed by atoms with Crippen molar-refractivity contribution < 1.29 is 9.53 Å². The van der Waals surface area contributed by atoms with Crippen LogP contribution in [0.2, 0.25) is 0 Å². The van der Waals surface area contributed by atoms with Gasteiger partial charge in [-0.05, 0) is 62.5 Å². The minimum atomic E-state index is -0.241. The van der Waals surface area contributed by atoms with Crippen molar-refractivity contribution in [2.75, 3.05) is 11.9 Å². The van der Waals surface area contributed by atoms with Crippen molar-refractivity contribution in [3.8, 4) is 0 Å². The number of esters is 1. The quantitative estimate of drug-likeness (QED) is 0.638. The minimum absolute atomic E-state index is 0.241. The molecule has 0 aromatic heterocycles. The van der Waals surface area contributed by atoms with Crippen molar-refractivity contribution in [1.82, 2.24) is 5.32 Å². The molecule has 0 amide bonds. The Morgan fingerprint density at radius 3 is 2.67 bits per heavy atom. The topological polar surface area (TPSA) is 50.4 Å². The van der Waals surface area contributed by atoms with Crippen molar-refractivity contribution in [3.05, 3.63) is 52.7 Å². The lowest BCUT2D eigenvalue weighted by molar-refractivity contribution is -0.138. The van der Waals surface area contributed by atoms with Gasteiger partial charge in [-0.2, -0.15) is 0 Å². The van der Waals surface area contributed by atoms with Crippen molar-refractivity contribution >= 4 is 29.0 Å². The second kappa shape index (κ2) is 7.62. The molecule has 0 heterocycles. The molecule has 1 aromatic rings. The third-order valence-electron chi connectivity index (χ3n) is 4.35. The summed E-state index contributed by atoms with van der Waals surface area (Å²) in [5, 5.41) is 6.89. The smallest absolute Gasteiger partial charge is 0.340 e. The Bertz CT molecular complexity index is 707. The Kier molecular flexibility index (Phi) is 5.30. The number of ether oxygens (including phenoxy) is 1. The lowest BCUT2D eigenvalue weighted by Crippen LogP contribution is -2.29. The molecule has 0 aliphatic heterocycles. The number of anilines is 1. The summed E-state index contributed by atoms with van der Waals surface area (Å²) >= 11 is 5.42. The van der Waals surface area contributed by atoms with Crippen molar-refractivity contribution in [3.63, 3.8) is 0 Å². The number of benzene rings is 1. The molecule has 0 atom stereocenters. The van der Waals surface area contributed by atoms with Crippen molar-refractivity contribution in [2.24, 2.45) is 0 Å². The van der Waals surface area contributed by atoms with Gasteiger partial charge in [0.1, 0.15) is 0 Å². The average Bonchev–Trinajstić information content (AvgIpc) is 2.93. The van der Waals surface area contributed by atoms with Crippen LogP contribution in [0.4, 0.5) is 5.69 Å². The van der Waals surface area contributed by atoms with Crippen LogP contribution in [0.3, 0.4) is 0 Å². The molecule has 0 saturated heterocycles. The fourth-order valence-corrected chi connectivity index (χ4v) is 3.57. The van der Waals surface area contributed by atoms with Gasteiger partial charge < -0.3 is 15.4 Å². The van der Waals surface area contributed by atoms with E-state index < -0.39 is 0 Å². The molecule has 0 unspecified atom stereocenters. The normalized spacial score (nSPS) is 16.7. The van der Waals surface area contributed by atoms with Gasteiger partial charge in [-0.15, -0.1) is 0 Å². The largest absolute Gasteiger partial charge is 0.462 e. The number of nitrogens with one attached hydrogen (secondary N) is 2. The number of rotatable bonds is 4. The molecule has 0 saturated carbocycles. The maximum atomic E-state index is 12.4. The first kappa shape index (κ1) is 16.7. The van der Waals surface area contributed by atoms with Crippen LogP contribution in [0.1, 0.15) is 39.0 Å². The van der Waals surface area contributed by atoms with Crippen LogP contribution in [0.15, 0.2) is 52.7 Å². The molecule has 126 valence electrons. The number of allylic oxidation sites excluding steroid dienone is 1. The van der Waals surface area contributed by atoms with E-state index in [2.05, 4.69) is 10.6 Å². The summed E-state index contributed by atoms with van der Waals surface area (Å²) in [4.78, 5) is 12.4. The molecule has 5 heteroatoms. The Morgan fingerprint density at radius 1 is 1.17 bits per heavy atom. The van der Waals surface area contributed by atoms with E-state index in [1.807, 2.05) is 37.3 Å². The van der Waals surface area contributed by atoms with Gasteiger partial charge in [0.25, 0.3) is 0 Å². The summed E-state index contributed by atoms with van der Waals surface area (Å²) < 4.78 is 5.27. The van der Waals surface area contributed by atoms with E-state index in [1.54, 1.807) is 0 Å². The molecule has 3 rings (SSSR count). The molecular formula is C19H22N2O2S. The predicted molar refractivity (Wildman–Crippen MR) is 99.6 cm³/mol. The zero-order valence-electron chi connectivity index (χ0n) is 13.9. The van der Waals surface area contributed by atoms with Crippen LogP contribution in [-0.4, -0.2) is 17.7 Å². The molecule has 2 aliphatic carbocycles. The van der Waals surface area contributed by atoms with Gasteiger partial charge in [-0.3, -0.25) is 0 Å². The molecule has 0 radical (unpaired) electrons. The third-order valence-corrected chi connectivity index (χ3v) is 4.56. The summed E-state index contributed by atoms with van der Waals surface area (Å²) in [5.74, 6) is -0.241. The van der Waals surface area contributed by atoms with Gasteiger partial charge in [0.2, 0.25) is 0 Å². The van der Waals surface area contributed by atoms with E-state index in [4.69, 9.17) is 17.0 Å². The number of para-hydroxylation sites is 1. The summed E-state index contributed by atoms with van der Waals surface area (Å²) in [5.41, 5.74) is 5.01. The Labute approximate surface area is 148 Å². The zero-order valence-corrected chi connectivity index (χ0v) is 14.7. The van der Waals surface area contributed by atoms with Crippen LogP contribution in [0, 0.1) is 0 Å². The van der Waals surface area contributed by atoms with E-state index in [1.165, 1.54) is 17.6 Å². The maximum Gasteiger partial charge on any atom is 0.340 e. The maximum absolute atomic E-state index is 12.4. The highest BCUT2D eigenvalue weighted by Gasteiger charge is 2.31. The molecule has 0 spiro atoms. The highest BCUT2D eigenvalue weighted by molar-refractivity contribution is 7.80. The molecule has 2 aliphatic rings.